The number of hydrogen-bond donors (Lipinski definition) is 1. The van der Waals surface area contributed by atoms with Gasteiger partial charge in [-0.25, -0.2) is 4.98 Å². The molecular weight excluding hydrogens is 168 g/mol. The number of aromatic nitrogens is 4. The van der Waals surface area contributed by atoms with Crippen molar-refractivity contribution in [3.05, 3.63) is 24.7 Å². The van der Waals surface area contributed by atoms with Crippen LogP contribution in [0.5, 0.6) is 5.75 Å². The molecule has 0 unspecified atom stereocenters. The van der Waals surface area contributed by atoms with Gasteiger partial charge >= 0.3 is 0 Å². The van der Waals surface area contributed by atoms with Crippen LogP contribution in [0.4, 0.5) is 0 Å². The Balaban J connectivity index is 2.59. The smallest absolute Gasteiger partial charge is 0.185 e. The summed E-state index contributed by atoms with van der Waals surface area (Å²) in [6, 6.07) is 3.23. The molecule has 0 bridgehead atoms. The van der Waals surface area contributed by atoms with Crippen LogP contribution in [0.2, 0.25) is 0 Å². The van der Waals surface area contributed by atoms with E-state index >= 15 is 0 Å². The minimum Gasteiger partial charge on any atom is -0.506 e. The molecule has 2 rings (SSSR count). The molecular formula is C8H8N4O. The van der Waals surface area contributed by atoms with Crippen molar-refractivity contribution < 1.29 is 5.11 Å². The largest absolute Gasteiger partial charge is 0.506 e. The molecule has 0 aliphatic carbocycles. The van der Waals surface area contributed by atoms with Crippen LogP contribution in [0.1, 0.15) is 0 Å². The summed E-state index contributed by atoms with van der Waals surface area (Å²) in [5.74, 6) is 0.664. The molecule has 0 radical (unpaired) electrons. The predicted molar refractivity (Wildman–Crippen MR) is 45.9 cm³/mol. The lowest BCUT2D eigenvalue weighted by Crippen LogP contribution is -1.93. The van der Waals surface area contributed by atoms with Crippen LogP contribution in [0, 0.1) is 0 Å². The van der Waals surface area contributed by atoms with Crippen LogP contribution in [-0.4, -0.2) is 24.9 Å². The van der Waals surface area contributed by atoms with E-state index in [-0.39, 0.29) is 5.75 Å². The third-order valence-corrected chi connectivity index (χ3v) is 1.71. The van der Waals surface area contributed by atoms with Crippen molar-refractivity contribution in [2.24, 2.45) is 7.05 Å². The zero-order valence-electron chi connectivity index (χ0n) is 7.05. The fourth-order valence-electron chi connectivity index (χ4n) is 1.07. The Morgan fingerprint density at radius 2 is 2.31 bits per heavy atom. The molecule has 5 nitrogen and oxygen atoms in total. The molecule has 0 spiro atoms. The van der Waals surface area contributed by atoms with Crippen molar-refractivity contribution in [1.29, 1.82) is 0 Å². The Morgan fingerprint density at radius 3 is 2.92 bits per heavy atom. The Labute approximate surface area is 74.7 Å². The highest BCUT2D eigenvalue weighted by Crippen LogP contribution is 2.22. The standard InChI is InChI=1S/C8H8N4O/c1-12-5-10-11-8(12)7-6(13)3-2-4-9-7/h2-5,13H,1H3. The van der Waals surface area contributed by atoms with E-state index in [0.29, 0.717) is 11.5 Å². The maximum atomic E-state index is 9.46. The van der Waals surface area contributed by atoms with E-state index in [2.05, 4.69) is 15.2 Å². The average molecular weight is 176 g/mol. The topological polar surface area (TPSA) is 63.8 Å². The fraction of sp³-hybridized carbons (Fsp3) is 0.125. The lowest BCUT2D eigenvalue weighted by Gasteiger charge is -2.00. The second-order valence-electron chi connectivity index (χ2n) is 2.64. The number of aryl methyl sites for hydroxylation is 1. The SMILES string of the molecule is Cn1cnnc1-c1ncccc1O. The Morgan fingerprint density at radius 1 is 1.46 bits per heavy atom. The molecule has 2 heterocycles. The van der Waals surface area contributed by atoms with Crippen LogP contribution < -0.4 is 0 Å². The van der Waals surface area contributed by atoms with E-state index in [0.717, 1.165) is 0 Å². The van der Waals surface area contributed by atoms with Crippen LogP contribution in [-0.2, 0) is 7.05 Å². The zero-order valence-corrected chi connectivity index (χ0v) is 7.05. The van der Waals surface area contributed by atoms with Gasteiger partial charge in [-0.15, -0.1) is 10.2 Å². The average Bonchev–Trinajstić information content (AvgIpc) is 2.52. The van der Waals surface area contributed by atoms with E-state index in [1.165, 1.54) is 0 Å². The minimum absolute atomic E-state index is 0.110. The highest BCUT2D eigenvalue weighted by Gasteiger charge is 2.09. The highest BCUT2D eigenvalue weighted by atomic mass is 16.3. The summed E-state index contributed by atoms with van der Waals surface area (Å²) in [4.78, 5) is 4.01. The molecule has 2 aromatic rings. The fourth-order valence-corrected chi connectivity index (χ4v) is 1.07. The maximum absolute atomic E-state index is 9.46. The predicted octanol–water partition coefficient (Wildman–Crippen LogP) is 0.583. The summed E-state index contributed by atoms with van der Waals surface area (Å²) in [7, 11) is 1.80. The lowest BCUT2D eigenvalue weighted by molar-refractivity contribution is 0.474. The number of nitrogens with zero attached hydrogens (tertiary/aromatic N) is 4. The first kappa shape index (κ1) is 7.72. The highest BCUT2D eigenvalue weighted by molar-refractivity contribution is 5.57. The number of rotatable bonds is 1. The second kappa shape index (κ2) is 2.85. The lowest BCUT2D eigenvalue weighted by atomic mass is 10.3. The molecule has 0 saturated heterocycles. The van der Waals surface area contributed by atoms with E-state index in [9.17, 15) is 5.11 Å². The Bertz CT molecular complexity index is 424. The Kier molecular flexibility index (Phi) is 1.70. The van der Waals surface area contributed by atoms with Crippen LogP contribution in [0.3, 0.4) is 0 Å². The van der Waals surface area contributed by atoms with Crippen molar-refractivity contribution in [2.75, 3.05) is 0 Å². The van der Waals surface area contributed by atoms with Gasteiger partial charge in [-0.1, -0.05) is 0 Å². The van der Waals surface area contributed by atoms with Gasteiger partial charge in [-0.3, -0.25) is 0 Å². The summed E-state index contributed by atoms with van der Waals surface area (Å²) in [6.07, 6.45) is 3.16. The van der Waals surface area contributed by atoms with Gasteiger partial charge in [0.2, 0.25) is 0 Å². The molecule has 0 atom stereocenters. The summed E-state index contributed by atoms with van der Waals surface area (Å²) in [5.41, 5.74) is 0.447. The van der Waals surface area contributed by atoms with Gasteiger partial charge in [0.05, 0.1) is 0 Å². The first-order chi connectivity index (χ1) is 6.29. The van der Waals surface area contributed by atoms with E-state index in [1.54, 1.807) is 36.3 Å². The zero-order chi connectivity index (χ0) is 9.26. The molecule has 0 amide bonds. The first-order valence-corrected chi connectivity index (χ1v) is 3.77. The van der Waals surface area contributed by atoms with Gasteiger partial charge in [0, 0.05) is 13.2 Å². The monoisotopic (exact) mass is 176 g/mol. The molecule has 0 aliphatic rings. The van der Waals surface area contributed by atoms with Crippen molar-refractivity contribution >= 4 is 0 Å². The number of pyridine rings is 1. The molecule has 1 N–H and O–H groups in total. The summed E-state index contributed by atoms with van der Waals surface area (Å²) >= 11 is 0. The molecule has 0 aromatic carbocycles. The van der Waals surface area contributed by atoms with Gasteiger partial charge in [0.15, 0.2) is 5.82 Å². The van der Waals surface area contributed by atoms with E-state index in [1.807, 2.05) is 0 Å². The molecule has 0 fully saturated rings. The van der Waals surface area contributed by atoms with Crippen molar-refractivity contribution in [2.45, 2.75) is 0 Å². The van der Waals surface area contributed by atoms with Crippen molar-refractivity contribution in [1.82, 2.24) is 19.7 Å². The molecule has 2 aromatic heterocycles. The van der Waals surface area contributed by atoms with E-state index in [4.69, 9.17) is 0 Å². The van der Waals surface area contributed by atoms with Crippen LogP contribution in [0.25, 0.3) is 11.5 Å². The molecule has 66 valence electrons. The molecule has 5 heteroatoms. The van der Waals surface area contributed by atoms with Crippen molar-refractivity contribution in [3.8, 4) is 17.3 Å². The van der Waals surface area contributed by atoms with Gasteiger partial charge in [0.25, 0.3) is 0 Å². The molecule has 13 heavy (non-hydrogen) atoms. The van der Waals surface area contributed by atoms with Crippen LogP contribution >= 0.6 is 0 Å². The summed E-state index contributed by atoms with van der Waals surface area (Å²) in [6.45, 7) is 0. The number of aromatic hydroxyl groups is 1. The maximum Gasteiger partial charge on any atom is 0.185 e. The normalized spacial score (nSPS) is 10.2. The molecule has 0 aliphatic heterocycles. The van der Waals surface area contributed by atoms with Gasteiger partial charge in [-0.05, 0) is 12.1 Å². The van der Waals surface area contributed by atoms with Crippen molar-refractivity contribution in [3.63, 3.8) is 0 Å². The number of hydrogen-bond acceptors (Lipinski definition) is 4. The second-order valence-corrected chi connectivity index (χ2v) is 2.64. The summed E-state index contributed by atoms with van der Waals surface area (Å²) < 4.78 is 1.70. The molecule has 0 saturated carbocycles. The van der Waals surface area contributed by atoms with Gasteiger partial charge in [-0.2, -0.15) is 0 Å². The van der Waals surface area contributed by atoms with Gasteiger partial charge < -0.3 is 9.67 Å². The third kappa shape index (κ3) is 1.24. The Hall–Kier alpha value is -1.91. The minimum atomic E-state index is 0.110. The van der Waals surface area contributed by atoms with Gasteiger partial charge in [0.1, 0.15) is 17.8 Å². The summed E-state index contributed by atoms with van der Waals surface area (Å²) in [5, 5.41) is 17.0. The third-order valence-electron chi connectivity index (χ3n) is 1.71. The first-order valence-electron chi connectivity index (χ1n) is 3.77. The van der Waals surface area contributed by atoms with E-state index < -0.39 is 0 Å². The quantitative estimate of drug-likeness (QED) is 0.690. The van der Waals surface area contributed by atoms with Crippen LogP contribution in [0.15, 0.2) is 24.7 Å².